The van der Waals surface area contributed by atoms with Gasteiger partial charge in [-0.25, -0.2) is 4.98 Å². The smallest absolute Gasteiger partial charge is 0.269 e. The van der Waals surface area contributed by atoms with Crippen LogP contribution < -0.4 is 9.47 Å². The van der Waals surface area contributed by atoms with Crippen LogP contribution in [0.2, 0.25) is 0 Å². The largest absolute Gasteiger partial charge is 0.493 e. The third kappa shape index (κ3) is 5.02. The van der Waals surface area contributed by atoms with Gasteiger partial charge in [0, 0.05) is 12.1 Å². The van der Waals surface area contributed by atoms with Crippen molar-refractivity contribution in [3.63, 3.8) is 0 Å². The number of non-ortho nitro benzene ring substituents is 1. The molecule has 4 rings (SSSR count). The highest BCUT2D eigenvalue weighted by Gasteiger charge is 2.14. The normalized spacial score (nSPS) is 11.3. The van der Waals surface area contributed by atoms with Gasteiger partial charge < -0.3 is 14.5 Å². The lowest BCUT2D eigenvalue weighted by atomic mass is 10.1. The van der Waals surface area contributed by atoms with Crippen molar-refractivity contribution in [2.45, 2.75) is 13.5 Å². The predicted molar refractivity (Wildman–Crippen MR) is 137 cm³/mol. The number of methoxy groups -OCH3 is 1. The lowest BCUT2D eigenvalue weighted by molar-refractivity contribution is -0.384. The van der Waals surface area contributed by atoms with E-state index in [2.05, 4.69) is 38.6 Å². The van der Waals surface area contributed by atoms with Gasteiger partial charge in [-0.2, -0.15) is 5.26 Å². The Morgan fingerprint density at radius 2 is 2.00 bits per heavy atom. The summed E-state index contributed by atoms with van der Waals surface area (Å²) in [5, 5.41) is 20.6. The standard InChI is InChI=1S/C25H19IN4O4/c1-15-3-8-21-22(9-15)29-25(28-21)18(13-27)10-17-11-20(26)24(23(12-17)33-2)34-14-16-4-6-19(7-5-16)30(31)32/h3-12H,14H2,1-2H3,(H,28,29)/b18-10-. The number of allylic oxidation sites excluding steroid dienone is 1. The number of nitriles is 1. The van der Waals surface area contributed by atoms with Crippen LogP contribution in [0.25, 0.3) is 22.7 Å². The number of aryl methyl sites for hydroxylation is 1. The Labute approximate surface area is 209 Å². The third-order valence-electron chi connectivity index (χ3n) is 5.11. The number of hydrogen-bond donors (Lipinski definition) is 1. The van der Waals surface area contributed by atoms with Crippen LogP contribution in [0.1, 0.15) is 22.5 Å². The summed E-state index contributed by atoms with van der Waals surface area (Å²) in [6.07, 6.45) is 1.75. The summed E-state index contributed by atoms with van der Waals surface area (Å²) >= 11 is 2.15. The Kier molecular flexibility index (Phi) is 6.79. The number of ether oxygens (including phenoxy) is 2. The minimum atomic E-state index is -0.440. The van der Waals surface area contributed by atoms with Crippen LogP contribution >= 0.6 is 22.6 Å². The van der Waals surface area contributed by atoms with E-state index < -0.39 is 4.92 Å². The molecule has 0 radical (unpaired) electrons. The zero-order valence-electron chi connectivity index (χ0n) is 18.3. The number of nitrogens with one attached hydrogen (secondary N) is 1. The Morgan fingerprint density at radius 1 is 1.24 bits per heavy atom. The van der Waals surface area contributed by atoms with Crippen LogP contribution in [0.5, 0.6) is 11.5 Å². The number of hydrogen-bond acceptors (Lipinski definition) is 6. The van der Waals surface area contributed by atoms with E-state index in [0.717, 1.165) is 31.3 Å². The first-order valence-electron chi connectivity index (χ1n) is 10.2. The molecule has 0 atom stereocenters. The van der Waals surface area contributed by atoms with E-state index in [0.29, 0.717) is 22.9 Å². The summed E-state index contributed by atoms with van der Waals surface area (Å²) in [6.45, 7) is 2.22. The van der Waals surface area contributed by atoms with Crippen LogP contribution in [0.4, 0.5) is 5.69 Å². The summed E-state index contributed by atoms with van der Waals surface area (Å²) in [7, 11) is 1.55. The van der Waals surface area contributed by atoms with E-state index in [-0.39, 0.29) is 12.3 Å². The monoisotopic (exact) mass is 566 g/mol. The molecule has 0 saturated heterocycles. The summed E-state index contributed by atoms with van der Waals surface area (Å²) < 4.78 is 12.3. The van der Waals surface area contributed by atoms with Gasteiger partial charge in [-0.05, 0) is 88.7 Å². The van der Waals surface area contributed by atoms with Crippen molar-refractivity contribution in [2.24, 2.45) is 0 Å². The Hall–Kier alpha value is -3.91. The molecule has 9 heteroatoms. The molecule has 4 aromatic rings. The molecule has 1 N–H and O–H groups in total. The van der Waals surface area contributed by atoms with Gasteiger partial charge in [0.15, 0.2) is 11.5 Å². The molecular formula is C25H19IN4O4. The molecule has 1 aromatic heterocycles. The molecule has 0 saturated carbocycles. The zero-order valence-corrected chi connectivity index (χ0v) is 20.5. The molecule has 8 nitrogen and oxygen atoms in total. The van der Waals surface area contributed by atoms with E-state index in [1.165, 1.54) is 12.1 Å². The van der Waals surface area contributed by atoms with Crippen LogP contribution in [-0.2, 0) is 6.61 Å². The van der Waals surface area contributed by atoms with Crippen molar-refractivity contribution in [1.82, 2.24) is 9.97 Å². The second-order valence-electron chi connectivity index (χ2n) is 7.52. The van der Waals surface area contributed by atoms with Gasteiger partial charge in [-0.3, -0.25) is 10.1 Å². The molecule has 0 amide bonds. The number of benzene rings is 3. The summed E-state index contributed by atoms with van der Waals surface area (Å²) in [6, 6.07) is 18.0. The van der Waals surface area contributed by atoms with Crippen molar-refractivity contribution in [1.29, 1.82) is 5.26 Å². The number of aromatic amines is 1. The van der Waals surface area contributed by atoms with Crippen LogP contribution in [0.3, 0.4) is 0 Å². The topological polar surface area (TPSA) is 114 Å². The highest BCUT2D eigenvalue weighted by Crippen LogP contribution is 2.35. The third-order valence-corrected chi connectivity index (χ3v) is 5.91. The number of aromatic nitrogens is 2. The van der Waals surface area contributed by atoms with Crippen LogP contribution in [0.15, 0.2) is 54.6 Å². The van der Waals surface area contributed by atoms with Gasteiger partial charge in [0.2, 0.25) is 0 Å². The Morgan fingerprint density at radius 3 is 2.68 bits per heavy atom. The first-order chi connectivity index (χ1) is 16.4. The molecule has 34 heavy (non-hydrogen) atoms. The molecular weight excluding hydrogens is 547 g/mol. The van der Waals surface area contributed by atoms with E-state index in [1.807, 2.05) is 31.2 Å². The summed E-state index contributed by atoms with van der Waals surface area (Å²) in [5.41, 5.74) is 4.75. The minimum Gasteiger partial charge on any atom is -0.493 e. The van der Waals surface area contributed by atoms with Crippen molar-refractivity contribution in [3.8, 4) is 17.6 Å². The molecule has 0 spiro atoms. The van der Waals surface area contributed by atoms with E-state index in [1.54, 1.807) is 31.4 Å². The quantitative estimate of drug-likeness (QED) is 0.126. The van der Waals surface area contributed by atoms with Crippen molar-refractivity contribution in [3.05, 3.63) is 90.8 Å². The van der Waals surface area contributed by atoms with Gasteiger partial charge in [-0.15, -0.1) is 0 Å². The molecule has 0 aliphatic heterocycles. The number of imidazole rings is 1. The molecule has 0 fully saturated rings. The lowest BCUT2D eigenvalue weighted by Crippen LogP contribution is -2.00. The fraction of sp³-hybridized carbons (Fsp3) is 0.120. The van der Waals surface area contributed by atoms with Gasteiger partial charge in [0.1, 0.15) is 18.5 Å². The average molecular weight is 566 g/mol. The number of nitro benzene ring substituents is 1. The number of halogens is 1. The van der Waals surface area contributed by atoms with Gasteiger partial charge in [0.05, 0.1) is 32.2 Å². The first kappa shape index (κ1) is 23.3. The van der Waals surface area contributed by atoms with Gasteiger partial charge >= 0.3 is 0 Å². The number of nitro groups is 1. The highest BCUT2D eigenvalue weighted by atomic mass is 127. The average Bonchev–Trinajstić information content (AvgIpc) is 3.24. The van der Waals surface area contributed by atoms with Gasteiger partial charge in [0.25, 0.3) is 5.69 Å². The van der Waals surface area contributed by atoms with Crippen LogP contribution in [0, 0.1) is 31.9 Å². The number of rotatable bonds is 7. The molecule has 0 aliphatic carbocycles. The SMILES string of the molecule is COc1cc(/C=C(/C#N)c2nc3ccc(C)cc3[nH]2)cc(I)c1OCc1ccc([N+](=O)[O-])cc1. The summed E-state index contributed by atoms with van der Waals surface area (Å²) in [5.74, 6) is 1.56. The number of H-pyrrole nitrogens is 1. The lowest BCUT2D eigenvalue weighted by Gasteiger charge is -2.14. The molecule has 0 unspecified atom stereocenters. The molecule has 0 aliphatic rings. The number of nitrogens with zero attached hydrogens (tertiary/aromatic N) is 3. The maximum absolute atomic E-state index is 10.8. The minimum absolute atomic E-state index is 0.0277. The van der Waals surface area contributed by atoms with Crippen LogP contribution in [-0.4, -0.2) is 22.0 Å². The second-order valence-corrected chi connectivity index (χ2v) is 8.68. The fourth-order valence-electron chi connectivity index (χ4n) is 3.40. The Bertz CT molecular complexity index is 1450. The molecule has 0 bridgehead atoms. The first-order valence-corrected chi connectivity index (χ1v) is 11.3. The summed E-state index contributed by atoms with van der Waals surface area (Å²) in [4.78, 5) is 18.1. The molecule has 3 aromatic carbocycles. The van der Waals surface area contributed by atoms with E-state index in [4.69, 9.17) is 9.47 Å². The number of fused-ring (bicyclic) bond motifs is 1. The highest BCUT2D eigenvalue weighted by molar-refractivity contribution is 14.1. The van der Waals surface area contributed by atoms with E-state index in [9.17, 15) is 15.4 Å². The predicted octanol–water partition coefficient (Wildman–Crippen LogP) is 6.04. The Balaban J connectivity index is 1.60. The van der Waals surface area contributed by atoms with Crippen molar-refractivity contribution < 1.29 is 14.4 Å². The maximum Gasteiger partial charge on any atom is 0.269 e. The van der Waals surface area contributed by atoms with Crippen molar-refractivity contribution >= 4 is 51.0 Å². The maximum atomic E-state index is 10.8. The molecule has 1 heterocycles. The van der Waals surface area contributed by atoms with E-state index >= 15 is 0 Å². The van der Waals surface area contributed by atoms with Crippen molar-refractivity contribution in [2.75, 3.05) is 7.11 Å². The fourth-order valence-corrected chi connectivity index (χ4v) is 4.18. The van der Waals surface area contributed by atoms with Gasteiger partial charge in [-0.1, -0.05) is 6.07 Å². The molecule has 170 valence electrons. The second kappa shape index (κ2) is 9.93. The zero-order chi connectivity index (χ0) is 24.2.